The standard InChI is InChI=1S/C16H28N6O/c1-3-17-15(19-12-16(2)8-6-10-23-16)18-11-14-21-20-13-7-4-5-9-22(13)14/h3-12H2,1-2H3,(H2,17,18,19). The van der Waals surface area contributed by atoms with Crippen molar-refractivity contribution in [2.45, 2.75) is 64.6 Å². The van der Waals surface area contributed by atoms with Crippen LogP contribution in [0.5, 0.6) is 0 Å². The summed E-state index contributed by atoms with van der Waals surface area (Å²) in [5.74, 6) is 2.88. The summed E-state index contributed by atoms with van der Waals surface area (Å²) in [6.45, 7) is 8.27. The van der Waals surface area contributed by atoms with Crippen LogP contribution in [0.4, 0.5) is 0 Å². The first-order valence-corrected chi connectivity index (χ1v) is 8.77. The van der Waals surface area contributed by atoms with Crippen LogP contribution in [0.3, 0.4) is 0 Å². The normalized spacial score (nSPS) is 24.5. The van der Waals surface area contributed by atoms with E-state index in [1.54, 1.807) is 0 Å². The molecule has 1 aromatic heterocycles. The van der Waals surface area contributed by atoms with Gasteiger partial charge in [-0.05, 0) is 39.5 Å². The van der Waals surface area contributed by atoms with Gasteiger partial charge in [0.15, 0.2) is 11.8 Å². The van der Waals surface area contributed by atoms with Gasteiger partial charge < -0.3 is 19.9 Å². The van der Waals surface area contributed by atoms with E-state index < -0.39 is 0 Å². The summed E-state index contributed by atoms with van der Waals surface area (Å²) in [5, 5.41) is 15.3. The fraction of sp³-hybridized carbons (Fsp3) is 0.812. The first-order valence-electron chi connectivity index (χ1n) is 8.77. The van der Waals surface area contributed by atoms with E-state index in [0.29, 0.717) is 6.54 Å². The first kappa shape index (κ1) is 16.2. The highest BCUT2D eigenvalue weighted by Crippen LogP contribution is 2.23. The number of hydrogen-bond donors (Lipinski definition) is 2. The summed E-state index contributed by atoms with van der Waals surface area (Å²) < 4.78 is 8.04. The van der Waals surface area contributed by atoms with Gasteiger partial charge in [-0.1, -0.05) is 0 Å². The molecule has 0 aliphatic carbocycles. The molecule has 0 radical (unpaired) electrons. The minimum atomic E-state index is -0.0791. The third-order valence-corrected chi connectivity index (χ3v) is 4.59. The maximum Gasteiger partial charge on any atom is 0.191 e. The van der Waals surface area contributed by atoms with Crippen LogP contribution in [0, 0.1) is 0 Å². The van der Waals surface area contributed by atoms with E-state index in [1.807, 2.05) is 0 Å². The Kier molecular flexibility index (Phi) is 5.15. The molecule has 2 N–H and O–H groups in total. The van der Waals surface area contributed by atoms with Gasteiger partial charge in [-0.25, -0.2) is 4.99 Å². The number of ether oxygens (including phenoxy) is 1. The molecule has 0 aromatic carbocycles. The Labute approximate surface area is 137 Å². The van der Waals surface area contributed by atoms with Crippen LogP contribution in [0.2, 0.25) is 0 Å². The molecule has 3 rings (SSSR count). The van der Waals surface area contributed by atoms with Crippen molar-refractivity contribution >= 4 is 5.96 Å². The van der Waals surface area contributed by atoms with Gasteiger partial charge in [0.25, 0.3) is 0 Å². The maximum absolute atomic E-state index is 5.82. The summed E-state index contributed by atoms with van der Waals surface area (Å²) >= 11 is 0. The van der Waals surface area contributed by atoms with E-state index in [9.17, 15) is 0 Å². The van der Waals surface area contributed by atoms with Gasteiger partial charge in [-0.3, -0.25) is 0 Å². The zero-order valence-corrected chi connectivity index (χ0v) is 14.3. The predicted molar refractivity (Wildman–Crippen MR) is 89.4 cm³/mol. The Morgan fingerprint density at radius 2 is 2.22 bits per heavy atom. The molecular formula is C16H28N6O. The topological polar surface area (TPSA) is 76.4 Å². The Morgan fingerprint density at radius 1 is 1.30 bits per heavy atom. The van der Waals surface area contributed by atoms with Crippen LogP contribution in [-0.4, -0.2) is 46.0 Å². The van der Waals surface area contributed by atoms with Crippen LogP contribution in [0.1, 0.15) is 51.2 Å². The highest BCUT2D eigenvalue weighted by Gasteiger charge is 2.29. The minimum absolute atomic E-state index is 0.0791. The second kappa shape index (κ2) is 7.29. The summed E-state index contributed by atoms with van der Waals surface area (Å²) in [6.07, 6.45) is 5.68. The van der Waals surface area contributed by atoms with Gasteiger partial charge >= 0.3 is 0 Å². The Bertz CT molecular complexity index is 547. The van der Waals surface area contributed by atoms with Gasteiger partial charge in [-0.2, -0.15) is 0 Å². The number of aliphatic imine (C=N–C) groups is 1. The van der Waals surface area contributed by atoms with E-state index in [-0.39, 0.29) is 5.60 Å². The number of fused-ring (bicyclic) bond motifs is 1. The van der Waals surface area contributed by atoms with Crippen molar-refractivity contribution in [1.82, 2.24) is 25.4 Å². The largest absolute Gasteiger partial charge is 0.373 e. The van der Waals surface area contributed by atoms with Crippen LogP contribution < -0.4 is 10.6 Å². The number of rotatable bonds is 5. The molecule has 1 aromatic rings. The number of aryl methyl sites for hydroxylation is 1. The number of guanidine groups is 1. The van der Waals surface area contributed by atoms with Crippen molar-refractivity contribution in [3.63, 3.8) is 0 Å². The van der Waals surface area contributed by atoms with E-state index >= 15 is 0 Å². The van der Waals surface area contributed by atoms with Crippen LogP contribution in [0.25, 0.3) is 0 Å². The maximum atomic E-state index is 5.82. The Balaban J connectivity index is 1.61. The zero-order chi connectivity index (χ0) is 16.1. The lowest BCUT2D eigenvalue weighted by molar-refractivity contribution is 0.0243. The van der Waals surface area contributed by atoms with Crippen molar-refractivity contribution in [3.8, 4) is 0 Å². The molecule has 3 heterocycles. The lowest BCUT2D eigenvalue weighted by atomic mass is 10.0. The van der Waals surface area contributed by atoms with E-state index in [1.165, 1.54) is 12.8 Å². The molecule has 1 fully saturated rings. The molecule has 7 heteroatoms. The van der Waals surface area contributed by atoms with Gasteiger partial charge in [-0.15, -0.1) is 10.2 Å². The molecule has 0 amide bonds. The molecule has 23 heavy (non-hydrogen) atoms. The van der Waals surface area contributed by atoms with Gasteiger partial charge in [0.05, 0.1) is 5.60 Å². The predicted octanol–water partition coefficient (Wildman–Crippen LogP) is 1.24. The molecule has 0 spiro atoms. The zero-order valence-electron chi connectivity index (χ0n) is 14.3. The number of nitrogens with one attached hydrogen (secondary N) is 2. The quantitative estimate of drug-likeness (QED) is 0.630. The second-order valence-electron chi connectivity index (χ2n) is 6.59. The molecule has 128 valence electrons. The monoisotopic (exact) mass is 320 g/mol. The van der Waals surface area contributed by atoms with Crippen LogP contribution >= 0.6 is 0 Å². The third-order valence-electron chi connectivity index (χ3n) is 4.59. The van der Waals surface area contributed by atoms with Crippen LogP contribution in [-0.2, 0) is 24.2 Å². The van der Waals surface area contributed by atoms with Crippen LogP contribution in [0.15, 0.2) is 4.99 Å². The minimum Gasteiger partial charge on any atom is -0.373 e. The molecule has 0 saturated carbocycles. The number of hydrogen-bond acceptors (Lipinski definition) is 4. The summed E-state index contributed by atoms with van der Waals surface area (Å²) in [4.78, 5) is 4.67. The highest BCUT2D eigenvalue weighted by atomic mass is 16.5. The molecule has 2 aliphatic heterocycles. The summed E-state index contributed by atoms with van der Waals surface area (Å²) in [6, 6.07) is 0. The SMILES string of the molecule is CCNC(=NCc1nnc2n1CCCC2)NCC1(C)CCCO1. The fourth-order valence-electron chi connectivity index (χ4n) is 3.22. The van der Waals surface area contributed by atoms with Crippen molar-refractivity contribution in [3.05, 3.63) is 11.6 Å². The molecule has 1 atom stereocenters. The lowest BCUT2D eigenvalue weighted by Gasteiger charge is -2.24. The molecule has 1 saturated heterocycles. The molecule has 1 unspecified atom stereocenters. The lowest BCUT2D eigenvalue weighted by Crippen LogP contribution is -2.45. The number of nitrogens with zero attached hydrogens (tertiary/aromatic N) is 4. The van der Waals surface area contributed by atoms with Gasteiger partial charge in [0.1, 0.15) is 12.4 Å². The molecule has 0 bridgehead atoms. The average Bonchev–Trinajstić information content (AvgIpc) is 3.17. The average molecular weight is 320 g/mol. The van der Waals surface area contributed by atoms with Crippen molar-refractivity contribution in [2.24, 2.45) is 4.99 Å². The first-order chi connectivity index (χ1) is 11.2. The molecule has 2 aliphatic rings. The summed E-state index contributed by atoms with van der Waals surface area (Å²) in [7, 11) is 0. The van der Waals surface area contributed by atoms with E-state index in [2.05, 4.69) is 44.2 Å². The van der Waals surface area contributed by atoms with Crippen molar-refractivity contribution < 1.29 is 4.74 Å². The Hall–Kier alpha value is -1.63. The van der Waals surface area contributed by atoms with Crippen molar-refractivity contribution in [2.75, 3.05) is 19.7 Å². The summed E-state index contributed by atoms with van der Waals surface area (Å²) in [5.41, 5.74) is -0.0791. The second-order valence-corrected chi connectivity index (χ2v) is 6.59. The number of aromatic nitrogens is 3. The highest BCUT2D eigenvalue weighted by molar-refractivity contribution is 5.79. The van der Waals surface area contributed by atoms with E-state index in [4.69, 9.17) is 4.74 Å². The smallest absolute Gasteiger partial charge is 0.191 e. The third kappa shape index (κ3) is 4.02. The van der Waals surface area contributed by atoms with E-state index in [0.717, 1.165) is 63.1 Å². The van der Waals surface area contributed by atoms with Gasteiger partial charge in [0.2, 0.25) is 0 Å². The van der Waals surface area contributed by atoms with Crippen molar-refractivity contribution in [1.29, 1.82) is 0 Å². The Morgan fingerprint density at radius 3 is 3.00 bits per heavy atom. The van der Waals surface area contributed by atoms with Gasteiger partial charge in [0, 0.05) is 32.7 Å². The fourth-order valence-corrected chi connectivity index (χ4v) is 3.22. The molecular weight excluding hydrogens is 292 g/mol. The molecule has 7 nitrogen and oxygen atoms in total.